The van der Waals surface area contributed by atoms with E-state index >= 15 is 0 Å². The Morgan fingerprint density at radius 2 is 1.80 bits per heavy atom. The number of alkyl halides is 1. The van der Waals surface area contributed by atoms with Crippen molar-refractivity contribution in [1.29, 1.82) is 0 Å². The fourth-order valence-electron chi connectivity index (χ4n) is 2.14. The molecule has 0 saturated carbocycles. The number of piperidine rings is 1. The van der Waals surface area contributed by atoms with E-state index in [1.807, 2.05) is 0 Å². The Morgan fingerprint density at radius 1 is 1.13 bits per heavy atom. The Hall–Kier alpha value is -0.340. The van der Waals surface area contributed by atoms with E-state index in [0.717, 1.165) is 12.5 Å². The summed E-state index contributed by atoms with van der Waals surface area (Å²) in [7, 11) is 0. The van der Waals surface area contributed by atoms with Gasteiger partial charge in [-0.3, -0.25) is 4.90 Å². The lowest BCUT2D eigenvalue weighted by Crippen LogP contribution is -2.33. The molecule has 1 nitrogen and oxygen atoms in total. The summed E-state index contributed by atoms with van der Waals surface area (Å²) in [4.78, 5) is 2.56. The number of nitrogens with zero attached hydrogens (tertiary/aromatic N) is 1. The Morgan fingerprint density at radius 3 is 2.40 bits per heavy atom. The maximum absolute atomic E-state index is 3.58. The van der Waals surface area contributed by atoms with E-state index in [1.165, 1.54) is 36.8 Å². The molecule has 0 spiro atoms. The maximum Gasteiger partial charge on any atom is 0.0233 e. The molecule has 0 aliphatic carbocycles. The van der Waals surface area contributed by atoms with Crippen molar-refractivity contribution in [2.75, 3.05) is 18.4 Å². The van der Waals surface area contributed by atoms with Crippen molar-refractivity contribution in [2.24, 2.45) is 5.92 Å². The minimum absolute atomic E-state index is 0.900. The largest absolute Gasteiger partial charge is 0.299 e. The van der Waals surface area contributed by atoms with E-state index in [4.69, 9.17) is 0 Å². The Kier molecular flexibility index (Phi) is 4.21. The zero-order chi connectivity index (χ0) is 10.5. The number of hydrogen-bond acceptors (Lipinski definition) is 1. The van der Waals surface area contributed by atoms with Crippen LogP contribution in [0.25, 0.3) is 0 Å². The lowest BCUT2D eigenvalue weighted by atomic mass is 9.99. The Labute approximate surface area is 101 Å². The lowest BCUT2D eigenvalue weighted by Gasteiger charge is -2.31. The van der Waals surface area contributed by atoms with Crippen LogP contribution >= 0.6 is 15.9 Å². The second-order valence-corrected chi connectivity index (χ2v) is 5.01. The molecule has 1 aliphatic heterocycles. The summed E-state index contributed by atoms with van der Waals surface area (Å²) in [5, 5.41) is 1.17. The fraction of sp³-hybridized carbons (Fsp3) is 0.538. The third-order valence-corrected chi connectivity index (χ3v) is 4.09. The smallest absolute Gasteiger partial charge is 0.0233 e. The van der Waals surface area contributed by atoms with Gasteiger partial charge in [0, 0.05) is 11.9 Å². The second-order valence-electron chi connectivity index (χ2n) is 4.36. The van der Waals surface area contributed by atoms with E-state index in [1.54, 1.807) is 0 Å². The number of benzene rings is 1. The van der Waals surface area contributed by atoms with Gasteiger partial charge in [-0.1, -0.05) is 46.3 Å². The number of likely N-dealkylation sites (tertiary alicyclic amines) is 1. The third kappa shape index (κ3) is 3.32. The molecule has 0 radical (unpaired) electrons. The molecule has 2 heteroatoms. The van der Waals surface area contributed by atoms with Gasteiger partial charge in [-0.15, -0.1) is 0 Å². The van der Waals surface area contributed by atoms with Gasteiger partial charge in [-0.2, -0.15) is 0 Å². The predicted molar refractivity (Wildman–Crippen MR) is 68.2 cm³/mol. The molecule has 0 aromatic heterocycles. The molecule has 1 aliphatic rings. The molecule has 1 aromatic rings. The van der Waals surface area contributed by atoms with Gasteiger partial charge in [0.15, 0.2) is 0 Å². The van der Waals surface area contributed by atoms with Gasteiger partial charge in [0.1, 0.15) is 0 Å². The maximum atomic E-state index is 3.58. The van der Waals surface area contributed by atoms with Crippen molar-refractivity contribution >= 4 is 15.9 Å². The van der Waals surface area contributed by atoms with Gasteiger partial charge >= 0.3 is 0 Å². The first kappa shape index (κ1) is 11.2. The van der Waals surface area contributed by atoms with E-state index in [2.05, 4.69) is 51.2 Å². The van der Waals surface area contributed by atoms with E-state index < -0.39 is 0 Å². The van der Waals surface area contributed by atoms with E-state index in [-0.39, 0.29) is 0 Å². The van der Waals surface area contributed by atoms with Gasteiger partial charge in [0.25, 0.3) is 0 Å². The van der Waals surface area contributed by atoms with Crippen LogP contribution in [0, 0.1) is 5.92 Å². The molecular formula is C13H18BrN. The normalized spacial score (nSPS) is 19.3. The van der Waals surface area contributed by atoms with Gasteiger partial charge in [-0.25, -0.2) is 0 Å². The number of hydrogen-bond donors (Lipinski definition) is 0. The van der Waals surface area contributed by atoms with Gasteiger partial charge in [-0.05, 0) is 37.4 Å². The highest BCUT2D eigenvalue weighted by Gasteiger charge is 2.17. The quantitative estimate of drug-likeness (QED) is 0.760. The van der Waals surface area contributed by atoms with Crippen molar-refractivity contribution in [2.45, 2.75) is 19.4 Å². The Bertz CT molecular complexity index is 278. The predicted octanol–water partition coefficient (Wildman–Crippen LogP) is 3.29. The van der Waals surface area contributed by atoms with Crippen LogP contribution in [0.5, 0.6) is 0 Å². The summed E-state index contributed by atoms with van der Waals surface area (Å²) in [6, 6.07) is 10.8. The molecule has 0 amide bonds. The van der Waals surface area contributed by atoms with Crippen molar-refractivity contribution in [1.82, 2.24) is 4.90 Å². The molecule has 2 rings (SSSR count). The van der Waals surface area contributed by atoms with Crippen LogP contribution in [0.3, 0.4) is 0 Å². The van der Waals surface area contributed by atoms with Crippen LogP contribution in [-0.4, -0.2) is 23.3 Å². The molecule has 0 atom stereocenters. The minimum Gasteiger partial charge on any atom is -0.299 e. The molecule has 0 unspecified atom stereocenters. The van der Waals surface area contributed by atoms with Crippen LogP contribution in [0.2, 0.25) is 0 Å². The highest BCUT2D eigenvalue weighted by atomic mass is 79.9. The summed E-state index contributed by atoms with van der Waals surface area (Å²) >= 11 is 3.58. The molecule has 1 aromatic carbocycles. The minimum atomic E-state index is 0.900. The summed E-state index contributed by atoms with van der Waals surface area (Å²) < 4.78 is 0. The van der Waals surface area contributed by atoms with Gasteiger partial charge < -0.3 is 0 Å². The standard InChI is InChI=1S/C13H18BrN/c14-10-12-6-8-15(9-7-12)11-13-4-2-1-3-5-13/h1-5,12H,6-11H2. The van der Waals surface area contributed by atoms with Crippen molar-refractivity contribution < 1.29 is 0 Å². The SMILES string of the molecule is BrCC1CCN(Cc2ccccc2)CC1. The molecule has 0 bridgehead atoms. The van der Waals surface area contributed by atoms with Crippen LogP contribution in [0.1, 0.15) is 18.4 Å². The van der Waals surface area contributed by atoms with Crippen LogP contribution in [-0.2, 0) is 6.54 Å². The summed E-state index contributed by atoms with van der Waals surface area (Å²) in [5.41, 5.74) is 1.44. The Balaban J connectivity index is 1.82. The fourth-order valence-corrected chi connectivity index (χ4v) is 2.79. The average molecular weight is 268 g/mol. The van der Waals surface area contributed by atoms with E-state index in [0.29, 0.717) is 0 Å². The number of halogens is 1. The molecular weight excluding hydrogens is 250 g/mol. The topological polar surface area (TPSA) is 3.24 Å². The van der Waals surface area contributed by atoms with Gasteiger partial charge in [0.05, 0.1) is 0 Å². The first-order valence-electron chi connectivity index (χ1n) is 5.70. The molecule has 1 saturated heterocycles. The second kappa shape index (κ2) is 5.66. The summed E-state index contributed by atoms with van der Waals surface area (Å²) in [6.45, 7) is 3.63. The lowest BCUT2D eigenvalue weighted by molar-refractivity contribution is 0.187. The first-order chi connectivity index (χ1) is 7.38. The van der Waals surface area contributed by atoms with Crippen LogP contribution in [0.4, 0.5) is 0 Å². The van der Waals surface area contributed by atoms with Crippen molar-refractivity contribution in [3.05, 3.63) is 35.9 Å². The summed E-state index contributed by atoms with van der Waals surface area (Å²) in [5.74, 6) is 0.900. The van der Waals surface area contributed by atoms with Crippen molar-refractivity contribution in [3.8, 4) is 0 Å². The van der Waals surface area contributed by atoms with Crippen LogP contribution < -0.4 is 0 Å². The molecule has 15 heavy (non-hydrogen) atoms. The summed E-state index contributed by atoms with van der Waals surface area (Å²) in [6.07, 6.45) is 2.69. The van der Waals surface area contributed by atoms with Gasteiger partial charge in [0.2, 0.25) is 0 Å². The number of rotatable bonds is 3. The van der Waals surface area contributed by atoms with Crippen molar-refractivity contribution in [3.63, 3.8) is 0 Å². The highest BCUT2D eigenvalue weighted by molar-refractivity contribution is 9.09. The molecule has 1 heterocycles. The monoisotopic (exact) mass is 267 g/mol. The third-order valence-electron chi connectivity index (χ3n) is 3.17. The van der Waals surface area contributed by atoms with E-state index in [9.17, 15) is 0 Å². The molecule has 82 valence electrons. The zero-order valence-electron chi connectivity index (χ0n) is 9.03. The molecule has 0 N–H and O–H groups in total. The highest BCUT2D eigenvalue weighted by Crippen LogP contribution is 2.20. The average Bonchev–Trinajstić information content (AvgIpc) is 2.31. The zero-order valence-corrected chi connectivity index (χ0v) is 10.6. The molecule has 1 fully saturated rings. The van der Waals surface area contributed by atoms with Crippen LogP contribution in [0.15, 0.2) is 30.3 Å². The first-order valence-corrected chi connectivity index (χ1v) is 6.83.